The van der Waals surface area contributed by atoms with Gasteiger partial charge in [0.25, 0.3) is 0 Å². The van der Waals surface area contributed by atoms with Crippen molar-refractivity contribution in [2.24, 2.45) is 0 Å². The molecular formula is C50H50N2O23. The van der Waals surface area contributed by atoms with Gasteiger partial charge in [0.2, 0.25) is 34.0 Å². The van der Waals surface area contributed by atoms with Crippen LogP contribution in [0.2, 0.25) is 0 Å². The Morgan fingerprint density at radius 2 is 0.920 bits per heavy atom. The minimum Gasteiger partial charge on any atom is -0.488 e. The second-order valence-electron chi connectivity index (χ2n) is 15.3. The van der Waals surface area contributed by atoms with Crippen molar-refractivity contribution in [1.29, 1.82) is 0 Å². The third-order valence-corrected chi connectivity index (χ3v) is 9.75. The zero-order valence-electron chi connectivity index (χ0n) is 41.1. The molecule has 1 aliphatic heterocycles. The van der Waals surface area contributed by atoms with E-state index in [0.717, 1.165) is 27.7 Å². The number of carbonyl (C=O) groups excluding carboxylic acids is 9. The van der Waals surface area contributed by atoms with Gasteiger partial charge in [0.1, 0.15) is 68.0 Å². The predicted octanol–water partition coefficient (Wildman–Crippen LogP) is 3.79. The van der Waals surface area contributed by atoms with E-state index in [2.05, 4.69) is 0 Å². The Hall–Kier alpha value is -9.42. The molecule has 0 fully saturated rings. The predicted molar refractivity (Wildman–Crippen MR) is 255 cm³/mol. The number of benzene rings is 4. The number of rotatable bonds is 27. The van der Waals surface area contributed by atoms with Crippen molar-refractivity contribution in [2.75, 3.05) is 83.2 Å². The lowest BCUT2D eigenvalue weighted by atomic mass is 9.93. The molecule has 3 aromatic carbocycles. The summed E-state index contributed by atoms with van der Waals surface area (Å²) in [7, 11) is 0. The van der Waals surface area contributed by atoms with E-state index in [1.807, 2.05) is 0 Å². The van der Waals surface area contributed by atoms with Gasteiger partial charge in [0, 0.05) is 63.3 Å². The van der Waals surface area contributed by atoms with Gasteiger partial charge < -0.3 is 71.1 Å². The molecule has 25 nitrogen and oxygen atoms in total. The number of hydrogen-bond acceptors (Lipinski definition) is 25. The molecule has 1 heterocycles. The molecule has 0 saturated heterocycles. The number of hydrogen-bond donors (Lipinski definition) is 0. The summed E-state index contributed by atoms with van der Waals surface area (Å²) >= 11 is 0. The van der Waals surface area contributed by atoms with Gasteiger partial charge in [-0.15, -0.1) is 0 Å². The Balaban J connectivity index is 1.54. The molecule has 1 aliphatic carbocycles. The lowest BCUT2D eigenvalue weighted by Crippen LogP contribution is -2.37. The van der Waals surface area contributed by atoms with Crippen LogP contribution in [0.3, 0.4) is 0 Å². The topological polar surface area (TPSA) is 301 Å². The van der Waals surface area contributed by atoms with Crippen molar-refractivity contribution >= 4 is 76.1 Å². The molecule has 75 heavy (non-hydrogen) atoms. The van der Waals surface area contributed by atoms with Crippen molar-refractivity contribution in [3.63, 3.8) is 0 Å². The van der Waals surface area contributed by atoms with E-state index in [0.29, 0.717) is 22.1 Å². The van der Waals surface area contributed by atoms with Crippen molar-refractivity contribution in [3.8, 4) is 39.7 Å². The Morgan fingerprint density at radius 3 is 1.43 bits per heavy atom. The van der Waals surface area contributed by atoms with Gasteiger partial charge >= 0.3 is 53.7 Å². The van der Waals surface area contributed by atoms with Crippen LogP contribution in [-0.2, 0) is 85.8 Å². The van der Waals surface area contributed by atoms with E-state index in [1.165, 1.54) is 53.1 Å². The van der Waals surface area contributed by atoms with E-state index in [4.69, 9.17) is 61.3 Å². The molecule has 2 aliphatic rings. The Labute approximate surface area is 426 Å². The Morgan fingerprint density at radius 1 is 0.453 bits per heavy atom. The summed E-state index contributed by atoms with van der Waals surface area (Å²) in [5.41, 5.74) is 1.60. The third kappa shape index (κ3) is 18.3. The number of anilines is 2. The zero-order chi connectivity index (χ0) is 54.4. The van der Waals surface area contributed by atoms with E-state index in [9.17, 15) is 47.9 Å². The summed E-state index contributed by atoms with van der Waals surface area (Å²) in [6.45, 7) is -0.689. The Kier molecular flexibility index (Phi) is 21.1. The first kappa shape index (κ1) is 56.5. The summed E-state index contributed by atoms with van der Waals surface area (Å²) in [6.07, 6.45) is 0. The molecule has 0 atom stereocenters. The molecule has 0 saturated carbocycles. The first-order chi connectivity index (χ1) is 35.9. The quantitative estimate of drug-likeness (QED) is 0.0237. The van der Waals surface area contributed by atoms with Gasteiger partial charge in [-0.05, 0) is 54.1 Å². The summed E-state index contributed by atoms with van der Waals surface area (Å²) in [6, 6.07) is 19.9. The van der Waals surface area contributed by atoms with Gasteiger partial charge in [0.15, 0.2) is 5.43 Å². The highest BCUT2D eigenvalue weighted by Gasteiger charge is 2.26. The molecular weight excluding hydrogens is 997 g/mol. The maximum atomic E-state index is 13.2. The molecule has 3 aromatic rings. The van der Waals surface area contributed by atoms with Crippen LogP contribution in [0.5, 0.6) is 17.2 Å². The maximum Gasteiger partial charge on any atom is 0.328 e. The van der Waals surface area contributed by atoms with Crippen molar-refractivity contribution < 1.29 is 104 Å². The standard InChI is InChI=1S/C50H50N2O23/c1-30(53)65-25-70-37-12-14-39-44(20-37)75-43-19-36(58)11-13-38(43)50(39)35-10-15-41(52(23-48(61)73-28-68-33(4)56)24-49(62)74-29-69-34(5)57)45(18-35)64-17-16-63-42-9-7-6-8-40(42)51(21-46(59)71-26-66-31(2)54)22-47(60)72-27-67-32(3)55/h6-15,18-20H,16-17,21-29H2,1-5H3. The molecule has 5 rings (SSSR count). The van der Waals surface area contributed by atoms with Crippen LogP contribution in [0.15, 0.2) is 88.1 Å². The van der Waals surface area contributed by atoms with Crippen LogP contribution in [0.4, 0.5) is 11.4 Å². The summed E-state index contributed by atoms with van der Waals surface area (Å²) in [4.78, 5) is 124. The lowest BCUT2D eigenvalue weighted by Gasteiger charge is -2.26. The van der Waals surface area contributed by atoms with Crippen molar-refractivity contribution in [2.45, 2.75) is 34.6 Å². The highest BCUT2D eigenvalue weighted by atomic mass is 16.7. The van der Waals surface area contributed by atoms with Crippen LogP contribution < -0.4 is 29.4 Å². The number of para-hydroxylation sites is 2. The minimum atomic E-state index is -0.962. The fraction of sp³-hybridized carbons (Fsp3) is 0.320. The minimum absolute atomic E-state index is 0.0153. The molecule has 25 heteroatoms. The lowest BCUT2D eigenvalue weighted by molar-refractivity contribution is -0.167. The molecule has 0 bridgehead atoms. The van der Waals surface area contributed by atoms with Gasteiger partial charge in [0.05, 0.1) is 11.4 Å². The fourth-order valence-electron chi connectivity index (χ4n) is 6.59. The van der Waals surface area contributed by atoms with Gasteiger partial charge in [-0.25, -0.2) is 0 Å². The average Bonchev–Trinajstić information content (AvgIpc) is 3.33. The van der Waals surface area contributed by atoms with Crippen LogP contribution in [-0.4, -0.2) is 127 Å². The van der Waals surface area contributed by atoms with Crippen molar-refractivity contribution in [3.05, 3.63) is 89.1 Å². The highest BCUT2D eigenvalue weighted by molar-refractivity contribution is 6.02. The normalized spacial score (nSPS) is 10.5. The molecule has 398 valence electrons. The number of nitrogens with zero attached hydrogens (tertiary/aromatic N) is 2. The molecule has 0 unspecified atom stereocenters. The summed E-state index contributed by atoms with van der Waals surface area (Å²) < 4.78 is 68.3. The monoisotopic (exact) mass is 1050 g/mol. The molecule has 0 radical (unpaired) electrons. The van der Waals surface area contributed by atoms with E-state index < -0.39 is 114 Å². The Bertz CT molecular complexity index is 2850. The van der Waals surface area contributed by atoms with Crippen molar-refractivity contribution in [1.82, 2.24) is 0 Å². The molecule has 0 N–H and O–H groups in total. The van der Waals surface area contributed by atoms with E-state index in [1.54, 1.807) is 42.5 Å². The van der Waals surface area contributed by atoms with Gasteiger partial charge in [-0.2, -0.15) is 0 Å². The second kappa shape index (κ2) is 28.0. The van der Waals surface area contributed by atoms with Crippen LogP contribution in [0.25, 0.3) is 33.4 Å². The summed E-state index contributed by atoms with van der Waals surface area (Å²) in [5.74, 6) is -6.66. The molecule has 0 amide bonds. The van der Waals surface area contributed by atoms with Gasteiger partial charge in [-0.1, -0.05) is 18.2 Å². The summed E-state index contributed by atoms with van der Waals surface area (Å²) in [5, 5.41) is 0.509. The van der Waals surface area contributed by atoms with E-state index in [-0.39, 0.29) is 58.6 Å². The highest BCUT2D eigenvalue weighted by Crippen LogP contribution is 2.43. The molecule has 0 aromatic heterocycles. The zero-order valence-corrected chi connectivity index (χ0v) is 41.1. The van der Waals surface area contributed by atoms with Gasteiger partial charge in [-0.3, -0.25) is 47.9 Å². The number of fused-ring (bicyclic) bond motifs is 2. The third-order valence-electron chi connectivity index (χ3n) is 9.75. The first-order valence-corrected chi connectivity index (χ1v) is 22.3. The van der Waals surface area contributed by atoms with E-state index >= 15 is 0 Å². The average molecular weight is 1050 g/mol. The second-order valence-corrected chi connectivity index (χ2v) is 15.3. The number of carbonyl (C=O) groups is 9. The van der Waals surface area contributed by atoms with Crippen LogP contribution in [0.1, 0.15) is 34.6 Å². The smallest absolute Gasteiger partial charge is 0.328 e. The first-order valence-electron chi connectivity index (χ1n) is 22.3. The maximum absolute atomic E-state index is 13.2. The molecule has 0 spiro atoms. The number of ether oxygens (including phenoxy) is 12. The largest absolute Gasteiger partial charge is 0.488 e. The number of esters is 9. The SMILES string of the molecule is CC(=O)OCOC(=O)CN(CC(=O)OCOC(C)=O)c1ccccc1OCCOc1cc(-c2c3ccc(=O)cc-3oc3cc(OCOC(C)=O)ccc23)ccc1N(CC(=O)OCOC(C)=O)CC(=O)OCOC(C)=O. The van der Waals surface area contributed by atoms with Crippen LogP contribution in [0, 0.1) is 0 Å². The van der Waals surface area contributed by atoms with Crippen LogP contribution >= 0.6 is 0 Å². The fourth-order valence-corrected chi connectivity index (χ4v) is 6.59.